The van der Waals surface area contributed by atoms with Gasteiger partial charge in [-0.25, -0.2) is 22.4 Å². The van der Waals surface area contributed by atoms with E-state index in [1.165, 1.54) is 36.8 Å². The standard InChI is InChI=1S/C17H17N5O3S/c1-12-2-4-14(5-3-12)26(24,25)22-9-7-13(11-22)17(23)20-10-16-19-8-6-15(18)21-16/h2-9,11H,10H2,1H3,(H,20,23)(H2,18,19,21). The highest BCUT2D eigenvalue weighted by Crippen LogP contribution is 2.16. The van der Waals surface area contributed by atoms with Gasteiger partial charge in [-0.3, -0.25) is 4.79 Å². The van der Waals surface area contributed by atoms with Crippen molar-refractivity contribution in [3.63, 3.8) is 0 Å². The average Bonchev–Trinajstić information content (AvgIpc) is 3.11. The van der Waals surface area contributed by atoms with Gasteiger partial charge in [0.1, 0.15) is 11.6 Å². The Labute approximate surface area is 150 Å². The molecule has 0 radical (unpaired) electrons. The number of amides is 1. The lowest BCUT2D eigenvalue weighted by Gasteiger charge is -2.06. The van der Waals surface area contributed by atoms with E-state index in [4.69, 9.17) is 5.73 Å². The quantitative estimate of drug-likeness (QED) is 0.698. The zero-order valence-electron chi connectivity index (χ0n) is 14.0. The number of aromatic nitrogens is 3. The molecule has 0 saturated carbocycles. The number of nitrogens with zero attached hydrogens (tertiary/aromatic N) is 3. The van der Waals surface area contributed by atoms with Gasteiger partial charge in [0.15, 0.2) is 0 Å². The molecule has 8 nitrogen and oxygen atoms in total. The van der Waals surface area contributed by atoms with E-state index < -0.39 is 15.9 Å². The fourth-order valence-electron chi connectivity index (χ4n) is 2.25. The fourth-order valence-corrected chi connectivity index (χ4v) is 3.45. The molecule has 9 heteroatoms. The SMILES string of the molecule is Cc1ccc(S(=O)(=O)n2ccc(C(=O)NCc3nccc(N)n3)c2)cc1. The Bertz CT molecular complexity index is 1040. The Kier molecular flexibility index (Phi) is 4.72. The van der Waals surface area contributed by atoms with Crippen LogP contribution in [0.5, 0.6) is 0 Å². The molecule has 3 rings (SSSR count). The molecule has 2 aromatic heterocycles. The van der Waals surface area contributed by atoms with Crippen LogP contribution in [0.4, 0.5) is 5.82 Å². The third kappa shape index (κ3) is 3.72. The van der Waals surface area contributed by atoms with Crippen LogP contribution in [0.2, 0.25) is 0 Å². The predicted molar refractivity (Wildman–Crippen MR) is 95.8 cm³/mol. The van der Waals surface area contributed by atoms with Crippen molar-refractivity contribution in [3.05, 3.63) is 71.9 Å². The minimum atomic E-state index is -3.75. The number of benzene rings is 1. The van der Waals surface area contributed by atoms with E-state index >= 15 is 0 Å². The van der Waals surface area contributed by atoms with E-state index in [1.54, 1.807) is 18.2 Å². The predicted octanol–water partition coefficient (Wildman–Crippen LogP) is 1.34. The Hall–Kier alpha value is -3.20. The summed E-state index contributed by atoms with van der Waals surface area (Å²) in [6, 6.07) is 9.47. The number of rotatable bonds is 5. The van der Waals surface area contributed by atoms with Gasteiger partial charge in [0, 0.05) is 18.6 Å². The third-order valence-corrected chi connectivity index (χ3v) is 5.31. The molecule has 1 aromatic carbocycles. The summed E-state index contributed by atoms with van der Waals surface area (Å²) in [4.78, 5) is 20.3. The number of carbonyl (C=O) groups is 1. The molecular weight excluding hydrogens is 354 g/mol. The number of hydrogen-bond acceptors (Lipinski definition) is 6. The summed E-state index contributed by atoms with van der Waals surface area (Å²) >= 11 is 0. The van der Waals surface area contributed by atoms with Crippen LogP contribution in [0.1, 0.15) is 21.7 Å². The second kappa shape index (κ2) is 6.96. The number of anilines is 1. The molecule has 0 unspecified atom stereocenters. The smallest absolute Gasteiger partial charge is 0.267 e. The molecule has 0 fully saturated rings. The van der Waals surface area contributed by atoms with E-state index in [-0.39, 0.29) is 17.0 Å². The number of nitrogen functional groups attached to an aromatic ring is 1. The normalized spacial score (nSPS) is 11.3. The monoisotopic (exact) mass is 371 g/mol. The highest BCUT2D eigenvalue weighted by Gasteiger charge is 2.18. The minimum Gasteiger partial charge on any atom is -0.384 e. The lowest BCUT2D eigenvalue weighted by molar-refractivity contribution is 0.0950. The number of aryl methyl sites for hydroxylation is 1. The summed E-state index contributed by atoms with van der Waals surface area (Å²) in [5.74, 6) is 0.235. The van der Waals surface area contributed by atoms with Crippen LogP contribution in [0, 0.1) is 6.92 Å². The van der Waals surface area contributed by atoms with Crippen molar-refractivity contribution in [2.45, 2.75) is 18.4 Å². The summed E-state index contributed by atoms with van der Waals surface area (Å²) in [7, 11) is -3.75. The van der Waals surface area contributed by atoms with Gasteiger partial charge in [-0.2, -0.15) is 0 Å². The molecule has 1 amide bonds. The fraction of sp³-hybridized carbons (Fsp3) is 0.118. The van der Waals surface area contributed by atoms with Crippen molar-refractivity contribution in [1.82, 2.24) is 19.3 Å². The molecule has 26 heavy (non-hydrogen) atoms. The van der Waals surface area contributed by atoms with Gasteiger partial charge in [-0.1, -0.05) is 17.7 Å². The van der Waals surface area contributed by atoms with Gasteiger partial charge in [0.05, 0.1) is 17.0 Å². The maximum Gasteiger partial charge on any atom is 0.267 e. The topological polar surface area (TPSA) is 120 Å². The van der Waals surface area contributed by atoms with Gasteiger partial charge in [-0.05, 0) is 31.2 Å². The van der Waals surface area contributed by atoms with Crippen molar-refractivity contribution < 1.29 is 13.2 Å². The van der Waals surface area contributed by atoms with Gasteiger partial charge in [-0.15, -0.1) is 0 Å². The summed E-state index contributed by atoms with van der Waals surface area (Å²) in [6.45, 7) is 1.96. The van der Waals surface area contributed by atoms with E-state index in [2.05, 4.69) is 15.3 Å². The van der Waals surface area contributed by atoms with Crippen LogP contribution in [0.3, 0.4) is 0 Å². The first kappa shape index (κ1) is 17.6. The third-order valence-electron chi connectivity index (χ3n) is 3.66. The number of hydrogen-bond donors (Lipinski definition) is 2. The number of nitrogens with two attached hydrogens (primary N) is 1. The zero-order valence-corrected chi connectivity index (χ0v) is 14.8. The van der Waals surface area contributed by atoms with Crippen LogP contribution in [0.15, 0.2) is 59.9 Å². The van der Waals surface area contributed by atoms with Gasteiger partial charge in [0.25, 0.3) is 15.9 Å². The highest BCUT2D eigenvalue weighted by molar-refractivity contribution is 7.90. The zero-order chi connectivity index (χ0) is 18.7. The highest BCUT2D eigenvalue weighted by atomic mass is 32.2. The number of nitrogens with one attached hydrogen (secondary N) is 1. The maximum absolute atomic E-state index is 12.6. The van der Waals surface area contributed by atoms with Crippen molar-refractivity contribution in [1.29, 1.82) is 0 Å². The van der Waals surface area contributed by atoms with E-state index in [0.717, 1.165) is 9.54 Å². The summed E-state index contributed by atoms with van der Waals surface area (Å²) in [5.41, 5.74) is 6.73. The maximum atomic E-state index is 12.6. The van der Waals surface area contributed by atoms with E-state index in [1.807, 2.05) is 6.92 Å². The molecule has 0 aliphatic rings. The van der Waals surface area contributed by atoms with Gasteiger partial charge >= 0.3 is 0 Å². The lowest BCUT2D eigenvalue weighted by atomic mass is 10.2. The largest absolute Gasteiger partial charge is 0.384 e. The Morgan fingerprint density at radius 2 is 1.92 bits per heavy atom. The first-order valence-electron chi connectivity index (χ1n) is 7.72. The molecule has 0 saturated heterocycles. The molecule has 0 spiro atoms. The minimum absolute atomic E-state index is 0.0831. The van der Waals surface area contributed by atoms with Crippen LogP contribution in [-0.2, 0) is 16.6 Å². The molecule has 3 N–H and O–H groups in total. The molecule has 2 heterocycles. The molecule has 0 aliphatic carbocycles. The molecule has 0 bridgehead atoms. The van der Waals surface area contributed by atoms with Gasteiger partial charge < -0.3 is 11.1 Å². The first-order chi connectivity index (χ1) is 12.4. The molecule has 134 valence electrons. The molecule has 0 atom stereocenters. The molecule has 0 aliphatic heterocycles. The van der Waals surface area contributed by atoms with Crippen LogP contribution in [0.25, 0.3) is 0 Å². The number of carbonyl (C=O) groups excluding carboxylic acids is 1. The second-order valence-corrected chi connectivity index (χ2v) is 7.47. The van der Waals surface area contributed by atoms with Crippen LogP contribution >= 0.6 is 0 Å². The van der Waals surface area contributed by atoms with Crippen LogP contribution in [-0.4, -0.2) is 28.3 Å². The van der Waals surface area contributed by atoms with Crippen molar-refractivity contribution >= 4 is 21.7 Å². The van der Waals surface area contributed by atoms with E-state index in [0.29, 0.717) is 11.6 Å². The Balaban J connectivity index is 1.74. The molecule has 3 aromatic rings. The average molecular weight is 371 g/mol. The second-order valence-electron chi connectivity index (χ2n) is 5.63. The van der Waals surface area contributed by atoms with E-state index in [9.17, 15) is 13.2 Å². The lowest BCUT2D eigenvalue weighted by Crippen LogP contribution is -2.23. The Morgan fingerprint density at radius 3 is 2.62 bits per heavy atom. The van der Waals surface area contributed by atoms with Gasteiger partial charge in [0.2, 0.25) is 0 Å². The van der Waals surface area contributed by atoms with Crippen molar-refractivity contribution in [2.75, 3.05) is 5.73 Å². The summed E-state index contributed by atoms with van der Waals surface area (Å²) < 4.78 is 26.2. The van der Waals surface area contributed by atoms with Crippen LogP contribution < -0.4 is 11.1 Å². The Morgan fingerprint density at radius 1 is 1.19 bits per heavy atom. The van der Waals surface area contributed by atoms with Crippen molar-refractivity contribution in [2.24, 2.45) is 0 Å². The summed E-state index contributed by atoms with van der Waals surface area (Å²) in [5, 5.41) is 2.63. The van der Waals surface area contributed by atoms with Crippen molar-refractivity contribution in [3.8, 4) is 0 Å². The summed E-state index contributed by atoms with van der Waals surface area (Å²) in [6.07, 6.45) is 4.10. The molecular formula is C17H17N5O3S. The first-order valence-corrected chi connectivity index (χ1v) is 9.16.